The molecule has 5 aromatic rings. The zero-order chi connectivity index (χ0) is 27.2. The Kier molecular flexibility index (Phi) is 6.23. The molecule has 0 spiro atoms. The summed E-state index contributed by atoms with van der Waals surface area (Å²) in [4.78, 5) is 11.6. The van der Waals surface area contributed by atoms with Crippen LogP contribution in [-0.2, 0) is 10.0 Å². The fourth-order valence-corrected chi connectivity index (χ4v) is 5.45. The highest BCUT2D eigenvalue weighted by Gasteiger charge is 2.24. The number of carboxylic acids is 1. The van der Waals surface area contributed by atoms with Gasteiger partial charge in [-0.2, -0.15) is 0 Å². The molecule has 0 radical (unpaired) electrons. The summed E-state index contributed by atoms with van der Waals surface area (Å²) in [7, 11) is -4.08. The Morgan fingerprint density at radius 2 is 1.76 bits per heavy atom. The van der Waals surface area contributed by atoms with Crippen molar-refractivity contribution in [1.82, 2.24) is 14.2 Å². The maximum atomic E-state index is 15.1. The highest BCUT2D eigenvalue weighted by Crippen LogP contribution is 2.37. The van der Waals surface area contributed by atoms with E-state index in [4.69, 9.17) is 4.42 Å². The summed E-state index contributed by atoms with van der Waals surface area (Å²) in [6.45, 7) is 5.68. The molecule has 2 heterocycles. The average molecular weight is 535 g/mol. The molecule has 2 N–H and O–H groups in total. The number of rotatable bonds is 7. The zero-order valence-corrected chi connectivity index (χ0v) is 21.5. The number of hydrogen-bond donors (Lipinski definition) is 2. The number of aryl methyl sites for hydroxylation is 1. The first kappa shape index (κ1) is 25.2. The van der Waals surface area contributed by atoms with Gasteiger partial charge in [0.2, 0.25) is 5.89 Å². The van der Waals surface area contributed by atoms with Crippen LogP contribution in [0.1, 0.15) is 29.8 Å². The summed E-state index contributed by atoms with van der Waals surface area (Å²) in [5.41, 5.74) is 1.63. The van der Waals surface area contributed by atoms with E-state index in [-0.39, 0.29) is 45.0 Å². The largest absolute Gasteiger partial charge is 0.478 e. The summed E-state index contributed by atoms with van der Waals surface area (Å²) < 4.78 is 49.1. The van der Waals surface area contributed by atoms with Crippen LogP contribution in [0, 0.1) is 12.7 Å². The highest BCUT2D eigenvalue weighted by molar-refractivity contribution is 7.90. The molecular weight excluding hydrogens is 511 g/mol. The third-order valence-corrected chi connectivity index (χ3v) is 7.62. The molecule has 194 valence electrons. The Morgan fingerprint density at radius 3 is 2.45 bits per heavy atom. The van der Waals surface area contributed by atoms with E-state index in [9.17, 15) is 18.3 Å². The van der Waals surface area contributed by atoms with Gasteiger partial charge in [-0.3, -0.25) is 0 Å². The Bertz CT molecular complexity index is 1790. The lowest BCUT2D eigenvalue weighted by molar-refractivity contribution is 0.0697. The molecule has 0 aliphatic carbocycles. The van der Waals surface area contributed by atoms with Crippen molar-refractivity contribution in [3.8, 4) is 22.6 Å². The number of fused-ring (bicyclic) bond motifs is 1. The average Bonchev–Trinajstić information content (AvgIpc) is 3.49. The van der Waals surface area contributed by atoms with Crippen molar-refractivity contribution in [3.63, 3.8) is 0 Å². The first-order valence-corrected chi connectivity index (χ1v) is 13.1. The number of carbonyl (C=O) groups is 1. The Morgan fingerprint density at radius 1 is 1.03 bits per heavy atom. The van der Waals surface area contributed by atoms with Gasteiger partial charge in [0, 0.05) is 34.3 Å². The van der Waals surface area contributed by atoms with Gasteiger partial charge in [0.05, 0.1) is 16.0 Å². The molecule has 0 aliphatic heterocycles. The van der Waals surface area contributed by atoms with E-state index in [0.717, 1.165) is 21.7 Å². The van der Waals surface area contributed by atoms with Crippen molar-refractivity contribution in [2.75, 3.05) is 5.32 Å². The zero-order valence-electron chi connectivity index (χ0n) is 20.6. The lowest BCUT2D eigenvalue weighted by atomic mass is 10.0. The molecule has 0 saturated heterocycles. The fraction of sp³-hybridized carbons (Fsp3) is 0.148. The first-order chi connectivity index (χ1) is 18.0. The van der Waals surface area contributed by atoms with Crippen LogP contribution in [0.15, 0.2) is 76.2 Å². The maximum absolute atomic E-state index is 15.1. The van der Waals surface area contributed by atoms with Gasteiger partial charge in [0.15, 0.2) is 0 Å². The van der Waals surface area contributed by atoms with Crippen LogP contribution in [0.4, 0.5) is 10.4 Å². The quantitative estimate of drug-likeness (QED) is 0.278. The number of hydrogen-bond acceptors (Lipinski definition) is 7. The van der Waals surface area contributed by atoms with E-state index >= 15 is 4.39 Å². The van der Waals surface area contributed by atoms with E-state index in [1.54, 1.807) is 30.3 Å². The molecule has 0 aliphatic rings. The Balaban J connectivity index is 1.75. The summed E-state index contributed by atoms with van der Waals surface area (Å²) in [5, 5.41) is 20.9. The number of benzene rings is 3. The van der Waals surface area contributed by atoms with Gasteiger partial charge < -0.3 is 14.8 Å². The van der Waals surface area contributed by atoms with Gasteiger partial charge in [-0.15, -0.1) is 5.10 Å². The van der Waals surface area contributed by atoms with E-state index in [1.807, 2.05) is 20.8 Å². The first-order valence-electron chi connectivity index (χ1n) is 11.7. The standard InChI is InChI=1S/C27H23FN4O5S/c1-15(2)29-27-31-30-25(37-27)17-7-11-24-21(12-17)22(20-13-18(26(33)34)6-10-23(20)28)14-32(24)38(35,36)19-8-4-16(3)5-9-19/h4-15H,1-3H3,(H,29,31)(H,33,34). The van der Waals surface area contributed by atoms with Gasteiger partial charge in [-0.25, -0.2) is 21.6 Å². The van der Waals surface area contributed by atoms with Crippen molar-refractivity contribution in [2.45, 2.75) is 31.7 Å². The number of nitrogens with zero attached hydrogens (tertiary/aromatic N) is 3. The van der Waals surface area contributed by atoms with Crippen molar-refractivity contribution < 1.29 is 27.1 Å². The third-order valence-electron chi connectivity index (χ3n) is 5.94. The highest BCUT2D eigenvalue weighted by atomic mass is 32.2. The van der Waals surface area contributed by atoms with Gasteiger partial charge in [0.25, 0.3) is 10.0 Å². The van der Waals surface area contributed by atoms with Crippen molar-refractivity contribution >= 4 is 32.9 Å². The predicted molar refractivity (Wildman–Crippen MR) is 140 cm³/mol. The Hall–Kier alpha value is -4.51. The molecule has 0 saturated carbocycles. The predicted octanol–water partition coefficient (Wildman–Crippen LogP) is 5.56. The number of anilines is 1. The number of aromatic carboxylic acids is 1. The molecule has 0 fully saturated rings. The third kappa shape index (κ3) is 4.52. The van der Waals surface area contributed by atoms with Crippen LogP contribution in [0.3, 0.4) is 0 Å². The van der Waals surface area contributed by atoms with Crippen molar-refractivity contribution in [1.29, 1.82) is 0 Å². The molecule has 3 aromatic carbocycles. The lowest BCUT2D eigenvalue weighted by Crippen LogP contribution is -2.11. The topological polar surface area (TPSA) is 127 Å². The minimum Gasteiger partial charge on any atom is -0.478 e. The smallest absolute Gasteiger partial charge is 0.335 e. The minimum atomic E-state index is -4.08. The molecule has 38 heavy (non-hydrogen) atoms. The second-order valence-electron chi connectivity index (χ2n) is 9.10. The maximum Gasteiger partial charge on any atom is 0.335 e. The molecule has 0 atom stereocenters. The molecule has 0 unspecified atom stereocenters. The second kappa shape index (κ2) is 9.42. The monoisotopic (exact) mass is 534 g/mol. The normalized spacial score (nSPS) is 11.8. The van der Waals surface area contributed by atoms with E-state index in [0.29, 0.717) is 10.9 Å². The van der Waals surface area contributed by atoms with Crippen molar-refractivity contribution in [3.05, 3.63) is 83.8 Å². The molecular formula is C27H23FN4O5S. The van der Waals surface area contributed by atoms with Gasteiger partial charge in [0.1, 0.15) is 5.82 Å². The van der Waals surface area contributed by atoms with Crippen LogP contribution in [0.2, 0.25) is 0 Å². The number of nitrogens with one attached hydrogen (secondary N) is 1. The number of halogens is 1. The molecule has 2 aromatic heterocycles. The van der Waals surface area contributed by atoms with E-state index in [1.165, 1.54) is 24.4 Å². The summed E-state index contributed by atoms with van der Waals surface area (Å²) in [6.07, 6.45) is 1.30. The van der Waals surface area contributed by atoms with E-state index < -0.39 is 21.8 Å². The second-order valence-corrected chi connectivity index (χ2v) is 10.9. The molecule has 0 bridgehead atoms. The van der Waals surface area contributed by atoms with Gasteiger partial charge in [-0.05, 0) is 69.3 Å². The van der Waals surface area contributed by atoms with Gasteiger partial charge in [-0.1, -0.05) is 22.8 Å². The van der Waals surface area contributed by atoms with Crippen molar-refractivity contribution in [2.24, 2.45) is 0 Å². The van der Waals surface area contributed by atoms with Crippen LogP contribution in [0.25, 0.3) is 33.5 Å². The van der Waals surface area contributed by atoms with Crippen LogP contribution in [-0.4, -0.2) is 39.7 Å². The summed E-state index contributed by atoms with van der Waals surface area (Å²) >= 11 is 0. The van der Waals surface area contributed by atoms with Crippen LogP contribution in [0.5, 0.6) is 0 Å². The SMILES string of the molecule is Cc1ccc(S(=O)(=O)n2cc(-c3cc(C(=O)O)ccc3F)c3cc(-c4nnc(NC(C)C)o4)ccc32)cc1. The summed E-state index contributed by atoms with van der Waals surface area (Å²) in [5.74, 6) is -1.76. The van der Waals surface area contributed by atoms with Crippen LogP contribution >= 0.6 is 0 Å². The Labute approximate surface area is 217 Å². The number of aromatic nitrogens is 3. The van der Waals surface area contributed by atoms with Crippen LogP contribution < -0.4 is 5.32 Å². The van der Waals surface area contributed by atoms with E-state index in [2.05, 4.69) is 15.5 Å². The van der Waals surface area contributed by atoms with Gasteiger partial charge >= 0.3 is 12.0 Å². The lowest BCUT2D eigenvalue weighted by Gasteiger charge is -2.08. The molecule has 0 amide bonds. The fourth-order valence-electron chi connectivity index (χ4n) is 4.08. The molecule has 5 rings (SSSR count). The number of carboxylic acid groups (broad SMARTS) is 1. The summed E-state index contributed by atoms with van der Waals surface area (Å²) in [6, 6.07) is 14.8. The minimum absolute atomic E-state index is 0.0525. The molecule has 11 heteroatoms. The molecule has 9 nitrogen and oxygen atoms in total.